The highest BCUT2D eigenvalue weighted by Crippen LogP contribution is 2.22. The lowest BCUT2D eigenvalue weighted by Crippen LogP contribution is -2.28. The summed E-state index contributed by atoms with van der Waals surface area (Å²) in [6.07, 6.45) is 2.00. The predicted octanol–water partition coefficient (Wildman–Crippen LogP) is 3.58. The van der Waals surface area contributed by atoms with Crippen LogP contribution in [-0.2, 0) is 13.0 Å². The van der Waals surface area contributed by atoms with E-state index < -0.39 is 6.10 Å². The molecule has 4 heteroatoms. The molecule has 23 heavy (non-hydrogen) atoms. The highest BCUT2D eigenvalue weighted by atomic mass is 35.5. The molecule has 0 aliphatic heterocycles. The second kappa shape index (κ2) is 7.55. The van der Waals surface area contributed by atoms with Gasteiger partial charge in [0.15, 0.2) is 0 Å². The van der Waals surface area contributed by atoms with Gasteiger partial charge in [-0.15, -0.1) is 0 Å². The molecule has 0 aliphatic rings. The van der Waals surface area contributed by atoms with Crippen molar-refractivity contribution in [2.75, 3.05) is 6.54 Å². The van der Waals surface area contributed by atoms with E-state index in [-0.39, 0.29) is 0 Å². The Kier molecular flexibility index (Phi) is 5.23. The van der Waals surface area contributed by atoms with Crippen molar-refractivity contribution < 1.29 is 5.11 Å². The summed E-state index contributed by atoms with van der Waals surface area (Å²) in [5.74, 6) is 0. The third kappa shape index (κ3) is 4.29. The van der Waals surface area contributed by atoms with E-state index in [9.17, 15) is 5.11 Å². The van der Waals surface area contributed by atoms with E-state index in [1.54, 1.807) is 6.20 Å². The number of benzene rings is 2. The Morgan fingerprint density at radius 1 is 1.09 bits per heavy atom. The minimum absolute atomic E-state index is 0.421. The third-order valence-electron chi connectivity index (χ3n) is 3.76. The van der Waals surface area contributed by atoms with Crippen LogP contribution in [0.15, 0.2) is 60.8 Å². The van der Waals surface area contributed by atoms with Gasteiger partial charge in [0.1, 0.15) is 0 Å². The van der Waals surface area contributed by atoms with E-state index in [1.165, 1.54) is 0 Å². The maximum Gasteiger partial charge on any atom is 0.0747 e. The number of pyridine rings is 1. The minimum atomic E-state index is -0.421. The van der Waals surface area contributed by atoms with Crippen LogP contribution in [0.4, 0.5) is 0 Å². The molecule has 118 valence electrons. The Morgan fingerprint density at radius 3 is 2.74 bits per heavy atom. The number of aromatic nitrogens is 1. The van der Waals surface area contributed by atoms with Crippen molar-refractivity contribution in [1.82, 2.24) is 10.3 Å². The first kappa shape index (κ1) is 15.9. The molecule has 1 unspecified atom stereocenters. The van der Waals surface area contributed by atoms with Crippen molar-refractivity contribution in [3.8, 4) is 0 Å². The SMILES string of the molecule is OC(CNCc1cc(Cl)cc2cccnc12)Cc1ccccc1. The fraction of sp³-hybridized carbons (Fsp3) is 0.211. The number of nitrogens with zero attached hydrogens (tertiary/aromatic N) is 1. The summed E-state index contributed by atoms with van der Waals surface area (Å²) in [6.45, 7) is 1.15. The molecule has 0 fully saturated rings. The normalized spacial score (nSPS) is 12.4. The highest BCUT2D eigenvalue weighted by molar-refractivity contribution is 6.31. The lowest BCUT2D eigenvalue weighted by molar-refractivity contribution is 0.171. The van der Waals surface area contributed by atoms with Crippen LogP contribution >= 0.6 is 11.6 Å². The van der Waals surface area contributed by atoms with Gasteiger partial charge in [-0.05, 0) is 35.7 Å². The third-order valence-corrected chi connectivity index (χ3v) is 3.98. The van der Waals surface area contributed by atoms with Crippen LogP contribution < -0.4 is 5.32 Å². The molecule has 0 saturated heterocycles. The van der Waals surface area contributed by atoms with Crippen LogP contribution in [0.25, 0.3) is 10.9 Å². The number of aliphatic hydroxyl groups is 1. The summed E-state index contributed by atoms with van der Waals surface area (Å²) < 4.78 is 0. The molecule has 3 nitrogen and oxygen atoms in total. The molecule has 0 spiro atoms. The van der Waals surface area contributed by atoms with Gasteiger partial charge < -0.3 is 10.4 Å². The molecule has 0 radical (unpaired) electrons. The van der Waals surface area contributed by atoms with Gasteiger partial charge in [0.05, 0.1) is 11.6 Å². The van der Waals surface area contributed by atoms with Crippen LogP contribution in [0.1, 0.15) is 11.1 Å². The first-order valence-electron chi connectivity index (χ1n) is 7.68. The average Bonchev–Trinajstić information content (AvgIpc) is 2.55. The molecule has 2 N–H and O–H groups in total. The zero-order valence-corrected chi connectivity index (χ0v) is 13.5. The number of hydrogen-bond acceptors (Lipinski definition) is 3. The van der Waals surface area contributed by atoms with Gasteiger partial charge >= 0.3 is 0 Å². The van der Waals surface area contributed by atoms with Gasteiger partial charge in [0.25, 0.3) is 0 Å². The van der Waals surface area contributed by atoms with E-state index in [1.807, 2.05) is 54.6 Å². The molecule has 1 aromatic heterocycles. The quantitative estimate of drug-likeness (QED) is 0.727. The summed E-state index contributed by atoms with van der Waals surface area (Å²) in [6, 6.07) is 17.7. The van der Waals surface area contributed by atoms with Gasteiger partial charge in [-0.25, -0.2) is 0 Å². The second-order valence-corrected chi connectivity index (χ2v) is 6.05. The molecule has 1 atom stereocenters. The van der Waals surface area contributed by atoms with Crippen LogP contribution in [0.2, 0.25) is 5.02 Å². The molecule has 3 rings (SSSR count). The molecule has 0 saturated carbocycles. The van der Waals surface area contributed by atoms with E-state index in [4.69, 9.17) is 11.6 Å². The molecular formula is C19H19ClN2O. The molecule has 2 aromatic carbocycles. The Morgan fingerprint density at radius 2 is 1.91 bits per heavy atom. The van der Waals surface area contributed by atoms with E-state index in [0.29, 0.717) is 24.5 Å². The molecule has 1 heterocycles. The van der Waals surface area contributed by atoms with Crippen LogP contribution in [0, 0.1) is 0 Å². The van der Waals surface area contributed by atoms with Crippen LogP contribution in [0.5, 0.6) is 0 Å². The number of fused-ring (bicyclic) bond motifs is 1. The first-order valence-corrected chi connectivity index (χ1v) is 8.06. The minimum Gasteiger partial charge on any atom is -0.391 e. The zero-order valence-electron chi connectivity index (χ0n) is 12.7. The molecule has 0 aliphatic carbocycles. The monoisotopic (exact) mass is 326 g/mol. The summed E-state index contributed by atoms with van der Waals surface area (Å²) in [7, 11) is 0. The lowest BCUT2D eigenvalue weighted by Gasteiger charge is -2.13. The fourth-order valence-corrected chi connectivity index (χ4v) is 2.94. The molecular weight excluding hydrogens is 308 g/mol. The van der Waals surface area contributed by atoms with Crippen molar-refractivity contribution in [1.29, 1.82) is 0 Å². The van der Waals surface area contributed by atoms with Gasteiger partial charge in [-0.1, -0.05) is 48.0 Å². The summed E-state index contributed by atoms with van der Waals surface area (Å²) in [5.41, 5.74) is 3.12. The number of aliphatic hydroxyl groups excluding tert-OH is 1. The van der Waals surface area contributed by atoms with Gasteiger partial charge in [0.2, 0.25) is 0 Å². The van der Waals surface area contributed by atoms with Gasteiger partial charge in [0, 0.05) is 29.7 Å². The van der Waals surface area contributed by atoms with Crippen molar-refractivity contribution in [3.05, 3.63) is 76.9 Å². The maximum absolute atomic E-state index is 10.1. The van der Waals surface area contributed by atoms with Gasteiger partial charge in [-0.2, -0.15) is 0 Å². The van der Waals surface area contributed by atoms with E-state index in [2.05, 4.69) is 10.3 Å². The fourth-order valence-electron chi connectivity index (χ4n) is 2.69. The van der Waals surface area contributed by atoms with Gasteiger partial charge in [-0.3, -0.25) is 4.98 Å². The predicted molar refractivity (Wildman–Crippen MR) is 94.6 cm³/mol. The topological polar surface area (TPSA) is 45.1 Å². The summed E-state index contributed by atoms with van der Waals surface area (Å²) in [4.78, 5) is 4.43. The Labute approximate surface area is 140 Å². The largest absolute Gasteiger partial charge is 0.391 e. The van der Waals surface area contributed by atoms with Crippen molar-refractivity contribution >= 4 is 22.5 Å². The number of halogens is 1. The zero-order chi connectivity index (χ0) is 16.1. The molecule has 0 bridgehead atoms. The summed E-state index contributed by atoms with van der Waals surface area (Å²) in [5, 5.41) is 15.2. The van der Waals surface area contributed by atoms with E-state index >= 15 is 0 Å². The Hall–Kier alpha value is -1.94. The van der Waals surface area contributed by atoms with Crippen LogP contribution in [-0.4, -0.2) is 22.7 Å². The van der Waals surface area contributed by atoms with Crippen molar-refractivity contribution in [2.45, 2.75) is 19.1 Å². The number of rotatable bonds is 6. The molecule has 0 amide bonds. The van der Waals surface area contributed by atoms with Crippen LogP contribution in [0.3, 0.4) is 0 Å². The van der Waals surface area contributed by atoms with Crippen molar-refractivity contribution in [3.63, 3.8) is 0 Å². The Balaban J connectivity index is 1.60. The van der Waals surface area contributed by atoms with E-state index in [0.717, 1.165) is 22.0 Å². The lowest BCUT2D eigenvalue weighted by atomic mass is 10.1. The maximum atomic E-state index is 10.1. The Bertz CT molecular complexity index is 777. The number of nitrogens with one attached hydrogen (secondary N) is 1. The standard InChI is InChI=1S/C19H19ClN2O/c20-17-10-15-7-4-8-22-19(15)16(11-17)12-21-13-18(23)9-14-5-2-1-3-6-14/h1-8,10-11,18,21,23H,9,12-13H2. The smallest absolute Gasteiger partial charge is 0.0747 e. The second-order valence-electron chi connectivity index (χ2n) is 5.61. The summed E-state index contributed by atoms with van der Waals surface area (Å²) >= 11 is 6.17. The average molecular weight is 327 g/mol. The highest BCUT2D eigenvalue weighted by Gasteiger charge is 2.07. The van der Waals surface area contributed by atoms with Crippen molar-refractivity contribution in [2.24, 2.45) is 0 Å². The number of hydrogen-bond donors (Lipinski definition) is 2. The first-order chi connectivity index (χ1) is 11.2. The molecule has 3 aromatic rings.